The molecule has 136 valence electrons. The molecule has 0 unspecified atom stereocenters. The van der Waals surface area contributed by atoms with Gasteiger partial charge in [0.1, 0.15) is 5.82 Å². The van der Waals surface area contributed by atoms with Gasteiger partial charge in [0.15, 0.2) is 5.16 Å². The van der Waals surface area contributed by atoms with E-state index in [4.69, 9.17) is 5.73 Å². The van der Waals surface area contributed by atoms with Crippen LogP contribution in [-0.4, -0.2) is 21.6 Å². The Morgan fingerprint density at radius 2 is 1.70 bits per heavy atom. The molecular formula is C19H18N6OS. The Balaban J connectivity index is 1.53. The summed E-state index contributed by atoms with van der Waals surface area (Å²) in [5, 5.41) is 11.6. The van der Waals surface area contributed by atoms with Crippen LogP contribution in [0.4, 0.5) is 22.9 Å². The van der Waals surface area contributed by atoms with Crippen molar-refractivity contribution in [3.05, 3.63) is 66.4 Å². The van der Waals surface area contributed by atoms with E-state index in [1.165, 1.54) is 11.8 Å². The lowest BCUT2D eigenvalue weighted by Crippen LogP contribution is -2.14. The molecule has 0 aliphatic heterocycles. The van der Waals surface area contributed by atoms with E-state index in [9.17, 15) is 4.79 Å². The first-order valence-corrected chi connectivity index (χ1v) is 9.18. The number of carbonyl (C=O) groups is 1. The molecule has 1 amide bonds. The Morgan fingerprint density at radius 3 is 2.37 bits per heavy atom. The van der Waals surface area contributed by atoms with Gasteiger partial charge in [-0.3, -0.25) is 4.79 Å². The van der Waals surface area contributed by atoms with E-state index in [1.54, 1.807) is 30.3 Å². The molecule has 0 spiro atoms. The van der Waals surface area contributed by atoms with Gasteiger partial charge in [-0.15, -0.1) is 0 Å². The second-order valence-electron chi connectivity index (χ2n) is 5.64. The highest BCUT2D eigenvalue weighted by Crippen LogP contribution is 2.21. The molecule has 27 heavy (non-hydrogen) atoms. The van der Waals surface area contributed by atoms with Crippen molar-refractivity contribution in [2.75, 3.05) is 16.8 Å². The minimum atomic E-state index is -0.151. The molecule has 8 heteroatoms. The fourth-order valence-electron chi connectivity index (χ4n) is 2.18. The third-order valence-electron chi connectivity index (χ3n) is 3.37. The summed E-state index contributed by atoms with van der Waals surface area (Å²) in [5.41, 5.74) is 8.62. The maximum absolute atomic E-state index is 12.1. The van der Waals surface area contributed by atoms with Gasteiger partial charge in [-0.1, -0.05) is 30.0 Å². The Hall–Kier alpha value is -3.26. The predicted molar refractivity (Wildman–Crippen MR) is 108 cm³/mol. The molecule has 0 atom stereocenters. The number of nitrogen functional groups attached to an aromatic ring is 1. The van der Waals surface area contributed by atoms with Gasteiger partial charge in [-0.05, 0) is 43.3 Å². The van der Waals surface area contributed by atoms with Crippen molar-refractivity contribution in [2.45, 2.75) is 12.1 Å². The van der Waals surface area contributed by atoms with Crippen LogP contribution in [0.3, 0.4) is 0 Å². The van der Waals surface area contributed by atoms with Crippen LogP contribution in [0.1, 0.15) is 5.69 Å². The number of rotatable bonds is 6. The molecule has 0 radical (unpaired) electrons. The van der Waals surface area contributed by atoms with E-state index < -0.39 is 0 Å². The summed E-state index contributed by atoms with van der Waals surface area (Å²) in [6.07, 6.45) is 0. The van der Waals surface area contributed by atoms with Gasteiger partial charge in [-0.25, -0.2) is 9.97 Å². The van der Waals surface area contributed by atoms with E-state index in [1.807, 2.05) is 37.3 Å². The predicted octanol–water partition coefficient (Wildman–Crippen LogP) is 4.51. The lowest BCUT2D eigenvalue weighted by molar-refractivity contribution is -0.113. The van der Waals surface area contributed by atoms with Crippen LogP contribution >= 0.6 is 11.8 Å². The van der Waals surface area contributed by atoms with Gasteiger partial charge < -0.3 is 11.1 Å². The third kappa shape index (κ3) is 5.89. The number of hydrogen-bond donors (Lipinski definition) is 2. The molecule has 7 nitrogen and oxygen atoms in total. The van der Waals surface area contributed by atoms with Crippen molar-refractivity contribution in [3.8, 4) is 0 Å². The Kier molecular flexibility index (Phi) is 6.11. The number of amides is 1. The van der Waals surface area contributed by atoms with Crippen LogP contribution < -0.4 is 11.1 Å². The molecule has 3 N–H and O–H groups in total. The Labute approximate surface area is 161 Å². The number of aryl methyl sites for hydroxylation is 1. The van der Waals surface area contributed by atoms with E-state index in [-0.39, 0.29) is 11.7 Å². The number of anilines is 2. The average Bonchev–Trinajstić information content (AvgIpc) is 2.66. The molecule has 0 fully saturated rings. The first kappa shape index (κ1) is 18.5. The van der Waals surface area contributed by atoms with Gasteiger partial charge in [-0.2, -0.15) is 10.2 Å². The molecule has 0 bridgehead atoms. The molecule has 0 saturated heterocycles. The molecule has 1 heterocycles. The maximum atomic E-state index is 12.1. The van der Waals surface area contributed by atoms with Gasteiger partial charge in [0.25, 0.3) is 0 Å². The van der Waals surface area contributed by atoms with Gasteiger partial charge in [0, 0.05) is 17.4 Å². The minimum Gasteiger partial charge on any atom is -0.384 e. The van der Waals surface area contributed by atoms with E-state index in [0.717, 1.165) is 11.4 Å². The number of aromatic nitrogens is 2. The molecule has 0 saturated carbocycles. The second-order valence-corrected chi connectivity index (χ2v) is 6.58. The van der Waals surface area contributed by atoms with E-state index in [2.05, 4.69) is 25.5 Å². The molecule has 3 rings (SSSR count). The second kappa shape index (κ2) is 8.91. The first-order valence-electron chi connectivity index (χ1n) is 8.19. The van der Waals surface area contributed by atoms with E-state index in [0.29, 0.717) is 22.3 Å². The molecule has 0 aliphatic carbocycles. The number of azo groups is 1. The maximum Gasteiger partial charge on any atom is 0.234 e. The highest BCUT2D eigenvalue weighted by Gasteiger charge is 2.07. The van der Waals surface area contributed by atoms with Crippen LogP contribution in [0.15, 0.2) is 76.0 Å². The summed E-state index contributed by atoms with van der Waals surface area (Å²) in [7, 11) is 0. The number of nitrogens with two attached hydrogens (primary N) is 1. The highest BCUT2D eigenvalue weighted by molar-refractivity contribution is 7.99. The Morgan fingerprint density at radius 1 is 1.04 bits per heavy atom. The number of benzene rings is 2. The monoisotopic (exact) mass is 378 g/mol. The topological polar surface area (TPSA) is 106 Å². The molecule has 3 aromatic rings. The normalized spacial score (nSPS) is 10.9. The number of hydrogen-bond acceptors (Lipinski definition) is 7. The third-order valence-corrected chi connectivity index (χ3v) is 4.22. The lowest BCUT2D eigenvalue weighted by atomic mass is 10.3. The first-order chi connectivity index (χ1) is 13.1. The number of carbonyl (C=O) groups excluding carboxylic acids is 1. The Bertz CT molecular complexity index is 924. The number of nitrogens with zero attached hydrogens (tertiary/aromatic N) is 4. The molecule has 2 aromatic carbocycles. The summed E-state index contributed by atoms with van der Waals surface area (Å²) in [6, 6.07) is 18.3. The van der Waals surface area contributed by atoms with Crippen LogP contribution in [0, 0.1) is 6.92 Å². The number of thioether (sulfide) groups is 1. The van der Waals surface area contributed by atoms with Crippen LogP contribution in [0.5, 0.6) is 0 Å². The van der Waals surface area contributed by atoms with Crippen LogP contribution in [0.25, 0.3) is 0 Å². The quantitative estimate of drug-likeness (QED) is 0.373. The van der Waals surface area contributed by atoms with Gasteiger partial charge in [0.2, 0.25) is 5.91 Å². The van der Waals surface area contributed by atoms with Gasteiger partial charge >= 0.3 is 0 Å². The fourth-order valence-corrected chi connectivity index (χ4v) is 2.89. The average molecular weight is 378 g/mol. The van der Waals surface area contributed by atoms with Crippen molar-refractivity contribution < 1.29 is 4.79 Å². The summed E-state index contributed by atoms with van der Waals surface area (Å²) in [4.78, 5) is 20.4. The van der Waals surface area contributed by atoms with Crippen LogP contribution in [0.2, 0.25) is 0 Å². The molecule has 1 aromatic heterocycles. The van der Waals surface area contributed by atoms with Crippen molar-refractivity contribution in [1.82, 2.24) is 9.97 Å². The molecule has 0 aliphatic rings. The van der Waals surface area contributed by atoms with Gasteiger partial charge in [0.05, 0.1) is 17.1 Å². The standard InChI is InChI=1S/C19H18N6OS/c1-13-11-17(20)23-19(21-13)27-12-18(26)22-14-7-9-16(10-8-14)25-24-15-5-3-2-4-6-15/h2-11H,12H2,1H3,(H,22,26)(H2,20,21,23). The SMILES string of the molecule is Cc1cc(N)nc(SCC(=O)Nc2ccc(N=Nc3ccccc3)cc2)n1. The minimum absolute atomic E-state index is 0.151. The summed E-state index contributed by atoms with van der Waals surface area (Å²) < 4.78 is 0. The number of nitrogens with one attached hydrogen (secondary N) is 1. The zero-order valence-electron chi connectivity index (χ0n) is 14.7. The zero-order chi connectivity index (χ0) is 19.1. The van der Waals surface area contributed by atoms with E-state index >= 15 is 0 Å². The summed E-state index contributed by atoms with van der Waals surface area (Å²) in [5.74, 6) is 0.436. The zero-order valence-corrected chi connectivity index (χ0v) is 15.5. The largest absolute Gasteiger partial charge is 0.384 e. The fraction of sp³-hybridized carbons (Fsp3) is 0.105. The summed E-state index contributed by atoms with van der Waals surface area (Å²) >= 11 is 1.24. The van der Waals surface area contributed by atoms with Crippen molar-refractivity contribution >= 4 is 40.5 Å². The lowest BCUT2D eigenvalue weighted by Gasteiger charge is -2.05. The van der Waals surface area contributed by atoms with Crippen molar-refractivity contribution in [3.63, 3.8) is 0 Å². The molecular weight excluding hydrogens is 360 g/mol. The summed E-state index contributed by atoms with van der Waals surface area (Å²) in [6.45, 7) is 1.83. The smallest absolute Gasteiger partial charge is 0.234 e. The van der Waals surface area contributed by atoms with Crippen LogP contribution in [-0.2, 0) is 4.79 Å². The van der Waals surface area contributed by atoms with Crippen molar-refractivity contribution in [2.24, 2.45) is 10.2 Å². The highest BCUT2D eigenvalue weighted by atomic mass is 32.2. The van der Waals surface area contributed by atoms with Crippen molar-refractivity contribution in [1.29, 1.82) is 0 Å².